The van der Waals surface area contributed by atoms with Gasteiger partial charge >= 0.3 is 0 Å². The van der Waals surface area contributed by atoms with Gasteiger partial charge in [-0.25, -0.2) is 4.90 Å². The van der Waals surface area contributed by atoms with Crippen LogP contribution in [0.1, 0.15) is 30.7 Å². The first kappa shape index (κ1) is 20.4. The molecule has 152 valence electrons. The van der Waals surface area contributed by atoms with E-state index in [1.807, 2.05) is 43.0 Å². The van der Waals surface area contributed by atoms with E-state index in [0.717, 1.165) is 34.5 Å². The van der Waals surface area contributed by atoms with Crippen LogP contribution in [0.5, 0.6) is 5.75 Å². The van der Waals surface area contributed by atoms with Crippen molar-refractivity contribution >= 4 is 45.2 Å². The normalized spacial score (nSPS) is 22.5. The highest BCUT2D eigenvalue weighted by atomic mass is 79.9. The lowest BCUT2D eigenvalue weighted by Crippen LogP contribution is -2.41. The first-order valence-electron chi connectivity index (χ1n) is 9.81. The molecule has 2 aliphatic heterocycles. The fourth-order valence-corrected chi connectivity index (χ4v) is 5.37. The minimum absolute atomic E-state index is 0.0922. The third-order valence-corrected chi connectivity index (χ3v) is 6.98. The molecular weight excluding hydrogens is 452 g/mol. The third-order valence-electron chi connectivity index (χ3n) is 5.17. The van der Waals surface area contributed by atoms with E-state index >= 15 is 0 Å². The van der Waals surface area contributed by atoms with E-state index in [0.29, 0.717) is 12.3 Å². The van der Waals surface area contributed by atoms with Crippen LogP contribution in [0.2, 0.25) is 0 Å². The molecule has 0 bridgehead atoms. The second kappa shape index (κ2) is 8.90. The minimum Gasteiger partial charge on any atom is -0.494 e. The van der Waals surface area contributed by atoms with Crippen molar-refractivity contribution < 1.29 is 14.3 Å². The molecule has 2 fully saturated rings. The van der Waals surface area contributed by atoms with Crippen molar-refractivity contribution in [1.82, 2.24) is 4.90 Å². The van der Waals surface area contributed by atoms with E-state index in [2.05, 4.69) is 33.0 Å². The maximum absolute atomic E-state index is 13.2. The Bertz CT molecular complexity index is 888. The second-order valence-electron chi connectivity index (χ2n) is 7.14. The molecule has 0 aromatic heterocycles. The maximum atomic E-state index is 13.2. The molecule has 0 saturated carbocycles. The van der Waals surface area contributed by atoms with Crippen LogP contribution in [-0.4, -0.2) is 41.7 Å². The monoisotopic (exact) mass is 474 g/mol. The van der Waals surface area contributed by atoms with Gasteiger partial charge < -0.3 is 4.74 Å². The number of ether oxygens (including phenoxy) is 1. The number of thioether (sulfide) groups is 1. The lowest BCUT2D eigenvalue weighted by molar-refractivity contribution is -0.123. The van der Waals surface area contributed by atoms with Gasteiger partial charge in [0.2, 0.25) is 5.91 Å². The van der Waals surface area contributed by atoms with Crippen LogP contribution in [0.4, 0.5) is 5.69 Å². The summed E-state index contributed by atoms with van der Waals surface area (Å²) in [6.07, 6.45) is 1.15. The van der Waals surface area contributed by atoms with E-state index in [4.69, 9.17) is 4.74 Å². The molecule has 0 unspecified atom stereocenters. The summed E-state index contributed by atoms with van der Waals surface area (Å²) in [4.78, 5) is 29.4. The first-order valence-corrected chi connectivity index (χ1v) is 11.6. The molecular formula is C22H23BrN2O3S. The van der Waals surface area contributed by atoms with Crippen LogP contribution in [0.25, 0.3) is 0 Å². The highest BCUT2D eigenvalue weighted by Crippen LogP contribution is 2.42. The number of anilines is 1. The van der Waals surface area contributed by atoms with Crippen molar-refractivity contribution in [1.29, 1.82) is 0 Å². The van der Waals surface area contributed by atoms with Crippen molar-refractivity contribution in [2.24, 2.45) is 0 Å². The molecule has 2 amide bonds. The first-order chi connectivity index (χ1) is 14.1. The van der Waals surface area contributed by atoms with Crippen LogP contribution in [-0.2, 0) is 9.59 Å². The number of rotatable bonds is 6. The number of hydrogen-bond acceptors (Lipinski definition) is 5. The van der Waals surface area contributed by atoms with Crippen molar-refractivity contribution in [3.05, 3.63) is 58.6 Å². The quantitative estimate of drug-likeness (QED) is 0.571. The number of halogens is 1. The Morgan fingerprint density at radius 2 is 1.83 bits per heavy atom. The van der Waals surface area contributed by atoms with Gasteiger partial charge in [0.15, 0.2) is 0 Å². The maximum Gasteiger partial charge on any atom is 0.251 e. The zero-order valence-corrected chi connectivity index (χ0v) is 18.6. The smallest absolute Gasteiger partial charge is 0.251 e. The average molecular weight is 475 g/mol. The zero-order valence-electron chi connectivity index (χ0n) is 16.2. The van der Waals surface area contributed by atoms with Gasteiger partial charge in [0.05, 0.1) is 24.1 Å². The number of hydrogen-bond donors (Lipinski definition) is 0. The van der Waals surface area contributed by atoms with Crippen LogP contribution in [0, 0.1) is 0 Å². The predicted octanol–water partition coefficient (Wildman–Crippen LogP) is 4.62. The summed E-state index contributed by atoms with van der Waals surface area (Å²) in [5, 5.41) is 0.0922. The Morgan fingerprint density at radius 3 is 2.52 bits per heavy atom. The van der Waals surface area contributed by atoms with Gasteiger partial charge in [-0.1, -0.05) is 35.0 Å². The largest absolute Gasteiger partial charge is 0.494 e. The fraction of sp³-hybridized carbons (Fsp3) is 0.364. The zero-order chi connectivity index (χ0) is 20.4. The van der Waals surface area contributed by atoms with E-state index in [1.54, 1.807) is 12.1 Å². The van der Waals surface area contributed by atoms with Crippen molar-refractivity contribution in [2.45, 2.75) is 31.2 Å². The summed E-state index contributed by atoms with van der Waals surface area (Å²) in [7, 11) is 0. The Morgan fingerprint density at radius 1 is 1.10 bits per heavy atom. The Kier molecular flexibility index (Phi) is 6.27. The van der Waals surface area contributed by atoms with Crippen LogP contribution in [0.3, 0.4) is 0 Å². The molecule has 0 radical (unpaired) electrons. The Hall–Kier alpha value is -1.83. The molecule has 2 heterocycles. The summed E-state index contributed by atoms with van der Waals surface area (Å²) in [6, 6.07) is 15.0. The lowest BCUT2D eigenvalue weighted by Gasteiger charge is -2.28. The number of nitrogens with zero attached hydrogens (tertiary/aromatic N) is 2. The molecule has 2 aliphatic rings. The van der Waals surface area contributed by atoms with Crippen molar-refractivity contribution in [2.75, 3.05) is 23.8 Å². The molecule has 0 aliphatic carbocycles. The molecule has 5 nitrogen and oxygen atoms in total. The Balaban J connectivity index is 1.52. The minimum atomic E-state index is -0.415. The van der Waals surface area contributed by atoms with Gasteiger partial charge in [-0.05, 0) is 48.4 Å². The van der Waals surface area contributed by atoms with Crippen LogP contribution >= 0.6 is 27.7 Å². The Labute approximate surface area is 183 Å². The molecule has 2 aromatic rings. The number of amides is 2. The number of imide groups is 1. The molecule has 2 atom stereocenters. The summed E-state index contributed by atoms with van der Waals surface area (Å²) >= 11 is 5.29. The number of benzene rings is 2. The molecule has 2 aromatic carbocycles. The SMILES string of the molecule is CCCOc1ccc(N2C(=O)C[C@@H](N3CCS[C@@H]3c3ccc(Br)cc3)C2=O)cc1. The molecule has 0 spiro atoms. The molecule has 2 saturated heterocycles. The summed E-state index contributed by atoms with van der Waals surface area (Å²) in [6.45, 7) is 3.49. The van der Waals surface area contributed by atoms with Gasteiger partial charge in [-0.2, -0.15) is 0 Å². The summed E-state index contributed by atoms with van der Waals surface area (Å²) in [5.74, 6) is 1.41. The van der Waals surface area contributed by atoms with Gasteiger partial charge in [0.1, 0.15) is 11.8 Å². The second-order valence-corrected chi connectivity index (χ2v) is 9.25. The van der Waals surface area contributed by atoms with Gasteiger partial charge in [0.25, 0.3) is 5.91 Å². The van der Waals surface area contributed by atoms with E-state index in [1.165, 1.54) is 4.90 Å². The summed E-state index contributed by atoms with van der Waals surface area (Å²) in [5.41, 5.74) is 1.77. The molecule has 4 rings (SSSR count). The topological polar surface area (TPSA) is 49.9 Å². The van der Waals surface area contributed by atoms with Crippen LogP contribution < -0.4 is 9.64 Å². The highest BCUT2D eigenvalue weighted by Gasteiger charge is 2.46. The van der Waals surface area contributed by atoms with Gasteiger partial charge in [0, 0.05) is 16.8 Å². The van der Waals surface area contributed by atoms with Crippen molar-refractivity contribution in [3.63, 3.8) is 0 Å². The summed E-state index contributed by atoms with van der Waals surface area (Å²) < 4.78 is 6.63. The highest BCUT2D eigenvalue weighted by molar-refractivity contribution is 9.10. The standard InChI is InChI=1S/C22H23BrN2O3S/c1-2-12-28-18-9-7-17(8-10-18)25-20(26)14-19(21(25)27)24-11-13-29-22(24)15-3-5-16(23)6-4-15/h3-10,19,22H,2,11-14H2,1H3/t19-,22-/m1/s1. The lowest BCUT2D eigenvalue weighted by atomic mass is 10.1. The van der Waals surface area contributed by atoms with E-state index in [9.17, 15) is 9.59 Å². The molecule has 0 N–H and O–H groups in total. The van der Waals surface area contributed by atoms with Crippen LogP contribution in [0.15, 0.2) is 53.0 Å². The average Bonchev–Trinajstić information content (AvgIpc) is 3.32. The van der Waals surface area contributed by atoms with Crippen molar-refractivity contribution in [3.8, 4) is 5.75 Å². The van der Waals surface area contributed by atoms with Gasteiger partial charge in [-0.3, -0.25) is 14.5 Å². The van der Waals surface area contributed by atoms with E-state index < -0.39 is 6.04 Å². The third kappa shape index (κ3) is 4.22. The van der Waals surface area contributed by atoms with E-state index in [-0.39, 0.29) is 23.6 Å². The van der Waals surface area contributed by atoms with Gasteiger partial charge in [-0.15, -0.1) is 11.8 Å². The fourth-order valence-electron chi connectivity index (χ4n) is 3.77. The number of carbonyl (C=O) groups excluding carboxylic acids is 2. The molecule has 29 heavy (non-hydrogen) atoms. The number of carbonyl (C=O) groups is 2. The molecule has 7 heteroatoms. The predicted molar refractivity (Wildman–Crippen MR) is 119 cm³/mol.